The average Bonchev–Trinajstić information content (AvgIpc) is 3.29. The SMILES string of the molecule is COc1ccc(N2CCCn3c2nc2c3c(=O)n(CC(=O)OCc3ccccc3)c(=O)n2C)cc1. The molecule has 0 N–H and O–H groups in total. The van der Waals surface area contributed by atoms with Gasteiger partial charge in [-0.1, -0.05) is 30.3 Å². The normalized spacial score (nSPS) is 13.0. The minimum atomic E-state index is -0.661. The van der Waals surface area contributed by atoms with Gasteiger partial charge in [0.05, 0.1) is 7.11 Å². The van der Waals surface area contributed by atoms with E-state index in [1.165, 1.54) is 4.57 Å². The second kappa shape index (κ2) is 9.13. The zero-order valence-electron chi connectivity index (χ0n) is 19.5. The van der Waals surface area contributed by atoms with Crippen molar-refractivity contribution < 1.29 is 14.3 Å². The summed E-state index contributed by atoms with van der Waals surface area (Å²) >= 11 is 0. The highest BCUT2D eigenvalue weighted by Crippen LogP contribution is 2.31. The molecule has 0 spiro atoms. The summed E-state index contributed by atoms with van der Waals surface area (Å²) in [5.74, 6) is 0.655. The van der Waals surface area contributed by atoms with Crippen molar-refractivity contribution in [3.8, 4) is 5.75 Å². The highest BCUT2D eigenvalue weighted by atomic mass is 16.5. The quantitative estimate of drug-likeness (QED) is 0.394. The molecule has 0 unspecified atom stereocenters. The van der Waals surface area contributed by atoms with Crippen LogP contribution in [0.3, 0.4) is 0 Å². The van der Waals surface area contributed by atoms with E-state index < -0.39 is 23.8 Å². The first kappa shape index (κ1) is 22.5. The Morgan fingerprint density at radius 1 is 1.03 bits per heavy atom. The van der Waals surface area contributed by atoms with Gasteiger partial charge in [-0.25, -0.2) is 9.36 Å². The Labute approximate surface area is 200 Å². The molecule has 2 aromatic heterocycles. The van der Waals surface area contributed by atoms with Gasteiger partial charge in [0.15, 0.2) is 11.2 Å². The Morgan fingerprint density at radius 3 is 2.49 bits per heavy atom. The highest BCUT2D eigenvalue weighted by molar-refractivity contribution is 5.77. The number of methoxy groups -OCH3 is 1. The monoisotopic (exact) mass is 475 g/mol. The van der Waals surface area contributed by atoms with E-state index in [9.17, 15) is 14.4 Å². The van der Waals surface area contributed by atoms with Crippen LogP contribution in [-0.2, 0) is 36.3 Å². The third-order valence-electron chi connectivity index (χ3n) is 6.13. The van der Waals surface area contributed by atoms with E-state index >= 15 is 0 Å². The predicted molar refractivity (Wildman–Crippen MR) is 130 cm³/mol. The summed E-state index contributed by atoms with van der Waals surface area (Å²) in [5, 5.41) is 0. The number of aromatic nitrogens is 4. The molecule has 0 atom stereocenters. The summed E-state index contributed by atoms with van der Waals surface area (Å²) < 4.78 is 14.6. The molecule has 0 bridgehead atoms. The smallest absolute Gasteiger partial charge is 0.333 e. The summed E-state index contributed by atoms with van der Waals surface area (Å²) in [7, 11) is 3.16. The van der Waals surface area contributed by atoms with Gasteiger partial charge < -0.3 is 18.9 Å². The van der Waals surface area contributed by atoms with Gasteiger partial charge in [-0.2, -0.15) is 4.98 Å². The molecule has 0 amide bonds. The fraction of sp³-hybridized carbons (Fsp3) is 0.280. The summed E-state index contributed by atoms with van der Waals surface area (Å²) in [6, 6.07) is 16.8. The number of hydrogen-bond acceptors (Lipinski definition) is 7. The Bertz CT molecular complexity index is 1500. The van der Waals surface area contributed by atoms with Gasteiger partial charge >= 0.3 is 11.7 Å². The lowest BCUT2D eigenvalue weighted by molar-refractivity contribution is -0.145. The van der Waals surface area contributed by atoms with Crippen molar-refractivity contribution >= 4 is 28.8 Å². The number of rotatable bonds is 6. The van der Waals surface area contributed by atoms with Crippen LogP contribution in [0.5, 0.6) is 5.75 Å². The fourth-order valence-electron chi connectivity index (χ4n) is 4.32. The van der Waals surface area contributed by atoms with Crippen LogP contribution >= 0.6 is 0 Å². The van der Waals surface area contributed by atoms with E-state index in [-0.39, 0.29) is 17.8 Å². The Balaban J connectivity index is 1.50. The molecule has 0 fully saturated rings. The molecule has 0 radical (unpaired) electrons. The lowest BCUT2D eigenvalue weighted by Crippen LogP contribution is -2.41. The lowest BCUT2D eigenvalue weighted by atomic mass is 10.2. The van der Waals surface area contributed by atoms with E-state index in [2.05, 4.69) is 4.98 Å². The van der Waals surface area contributed by atoms with Gasteiger partial charge in [-0.05, 0) is 36.2 Å². The summed E-state index contributed by atoms with van der Waals surface area (Å²) in [6.45, 7) is 0.876. The number of ether oxygens (including phenoxy) is 2. The first-order valence-electron chi connectivity index (χ1n) is 11.3. The first-order valence-corrected chi connectivity index (χ1v) is 11.3. The van der Waals surface area contributed by atoms with E-state index in [1.807, 2.05) is 64.1 Å². The summed E-state index contributed by atoms with van der Waals surface area (Å²) in [6.07, 6.45) is 0.784. The van der Waals surface area contributed by atoms with E-state index in [4.69, 9.17) is 9.47 Å². The number of hydrogen-bond donors (Lipinski definition) is 0. The van der Waals surface area contributed by atoms with E-state index in [0.29, 0.717) is 19.0 Å². The zero-order valence-corrected chi connectivity index (χ0v) is 19.5. The molecule has 180 valence electrons. The number of benzene rings is 2. The molecule has 1 aliphatic rings. The number of nitrogens with zero attached hydrogens (tertiary/aromatic N) is 5. The van der Waals surface area contributed by atoms with Crippen molar-refractivity contribution in [1.82, 2.24) is 18.7 Å². The van der Waals surface area contributed by atoms with Crippen LogP contribution in [0.1, 0.15) is 12.0 Å². The minimum Gasteiger partial charge on any atom is -0.497 e. The maximum absolute atomic E-state index is 13.4. The van der Waals surface area contributed by atoms with Gasteiger partial charge in [-0.15, -0.1) is 0 Å². The molecular formula is C25H25N5O5. The number of imidazole rings is 1. The lowest BCUT2D eigenvalue weighted by Gasteiger charge is -2.29. The van der Waals surface area contributed by atoms with Crippen LogP contribution < -0.4 is 20.9 Å². The van der Waals surface area contributed by atoms with Crippen LogP contribution in [0.4, 0.5) is 11.6 Å². The van der Waals surface area contributed by atoms with Gasteiger partial charge in [0, 0.05) is 25.8 Å². The first-order chi connectivity index (χ1) is 17.0. The molecule has 0 saturated carbocycles. The number of esters is 1. The molecule has 5 rings (SSSR count). The molecule has 3 heterocycles. The average molecular weight is 476 g/mol. The van der Waals surface area contributed by atoms with Crippen molar-refractivity contribution in [3.63, 3.8) is 0 Å². The number of aryl methyl sites for hydroxylation is 2. The molecular weight excluding hydrogens is 450 g/mol. The second-order valence-corrected chi connectivity index (χ2v) is 8.32. The maximum Gasteiger partial charge on any atom is 0.333 e. The molecule has 0 saturated heterocycles. The van der Waals surface area contributed by atoms with Gasteiger partial charge in [-0.3, -0.25) is 14.2 Å². The third kappa shape index (κ3) is 4.07. The topological polar surface area (TPSA) is 101 Å². The van der Waals surface area contributed by atoms with E-state index in [1.54, 1.807) is 14.2 Å². The number of carbonyl (C=O) groups is 1. The molecule has 35 heavy (non-hydrogen) atoms. The van der Waals surface area contributed by atoms with Gasteiger partial charge in [0.25, 0.3) is 5.56 Å². The Morgan fingerprint density at radius 2 is 1.77 bits per heavy atom. The Hall–Kier alpha value is -4.34. The number of carbonyl (C=O) groups excluding carboxylic acids is 1. The fourth-order valence-corrected chi connectivity index (χ4v) is 4.32. The van der Waals surface area contributed by atoms with E-state index in [0.717, 1.165) is 28.0 Å². The maximum atomic E-state index is 13.4. The van der Waals surface area contributed by atoms with Crippen LogP contribution in [0.25, 0.3) is 11.2 Å². The molecule has 2 aromatic carbocycles. The minimum absolute atomic E-state index is 0.0654. The van der Waals surface area contributed by atoms with Gasteiger partial charge in [0.2, 0.25) is 5.95 Å². The second-order valence-electron chi connectivity index (χ2n) is 8.32. The van der Waals surface area contributed by atoms with Crippen molar-refractivity contribution in [2.24, 2.45) is 7.05 Å². The van der Waals surface area contributed by atoms with Crippen LogP contribution in [0, 0.1) is 0 Å². The molecule has 4 aromatic rings. The van der Waals surface area contributed by atoms with Crippen molar-refractivity contribution in [2.75, 3.05) is 18.6 Å². The van der Waals surface area contributed by atoms with Crippen LogP contribution in [0.15, 0.2) is 64.2 Å². The number of fused-ring (bicyclic) bond motifs is 3. The molecule has 10 nitrogen and oxygen atoms in total. The van der Waals surface area contributed by atoms with Crippen molar-refractivity contribution in [3.05, 3.63) is 81.0 Å². The summed E-state index contributed by atoms with van der Waals surface area (Å²) in [4.78, 5) is 45.6. The zero-order chi connectivity index (χ0) is 24.5. The van der Waals surface area contributed by atoms with Crippen LogP contribution in [0.2, 0.25) is 0 Å². The van der Waals surface area contributed by atoms with Crippen molar-refractivity contribution in [1.29, 1.82) is 0 Å². The Kier molecular flexibility index (Phi) is 5.86. The standard InChI is InChI=1S/C25H25N5O5/c1-27-22-21(23(32)30(25(27)33)15-20(31)35-16-17-7-4-3-5-8-17)29-14-6-13-28(24(29)26-22)18-9-11-19(34-2)12-10-18/h3-5,7-12H,6,13-16H2,1-2H3. The van der Waals surface area contributed by atoms with Crippen LogP contribution in [-0.4, -0.2) is 38.3 Å². The molecule has 1 aliphatic heterocycles. The summed E-state index contributed by atoms with van der Waals surface area (Å²) in [5.41, 5.74) is 1.11. The predicted octanol–water partition coefficient (Wildman–Crippen LogP) is 2.19. The van der Waals surface area contributed by atoms with Crippen molar-refractivity contribution in [2.45, 2.75) is 26.1 Å². The molecule has 0 aliphatic carbocycles. The molecule has 10 heteroatoms. The van der Waals surface area contributed by atoms with Gasteiger partial charge in [0.1, 0.15) is 18.9 Å². The largest absolute Gasteiger partial charge is 0.497 e. The third-order valence-corrected chi connectivity index (χ3v) is 6.13. The highest BCUT2D eigenvalue weighted by Gasteiger charge is 2.27. The number of anilines is 2.